The number of aromatic nitrogens is 2. The van der Waals surface area contributed by atoms with E-state index in [0.29, 0.717) is 27.7 Å². The summed E-state index contributed by atoms with van der Waals surface area (Å²) in [7, 11) is -1.88. The number of aliphatic hydroxyl groups is 1. The van der Waals surface area contributed by atoms with Crippen molar-refractivity contribution in [2.24, 2.45) is 4.36 Å². The van der Waals surface area contributed by atoms with Gasteiger partial charge in [-0.15, -0.1) is 10.6 Å². The maximum atomic E-state index is 12.2. The third-order valence-corrected chi connectivity index (χ3v) is 5.67. The molecule has 1 heterocycles. The Labute approximate surface area is 210 Å². The molecule has 0 saturated heterocycles. The summed E-state index contributed by atoms with van der Waals surface area (Å²) in [4.78, 5) is 32.2. The Hall–Kier alpha value is -4.03. The zero-order chi connectivity index (χ0) is 26.1. The van der Waals surface area contributed by atoms with Gasteiger partial charge in [0.1, 0.15) is 5.82 Å². The minimum atomic E-state index is -1.88. The van der Waals surface area contributed by atoms with E-state index in [1.807, 2.05) is 25.1 Å². The van der Waals surface area contributed by atoms with Crippen LogP contribution in [0.1, 0.15) is 20.8 Å². The quantitative estimate of drug-likeness (QED) is 0.308. The monoisotopic (exact) mass is 511 g/mol. The summed E-state index contributed by atoms with van der Waals surface area (Å²) >= 11 is 0. The van der Waals surface area contributed by atoms with Gasteiger partial charge in [0.05, 0.1) is 13.2 Å². The Morgan fingerprint density at radius 2 is 1.92 bits per heavy atom. The maximum absolute atomic E-state index is 12.2. The Kier molecular flexibility index (Phi) is 9.31. The minimum Gasteiger partial charge on any atom is -0.450 e. The van der Waals surface area contributed by atoms with Crippen LogP contribution in [-0.4, -0.2) is 46.3 Å². The molecule has 1 atom stereocenters. The van der Waals surface area contributed by atoms with Crippen LogP contribution < -0.4 is 16.0 Å². The highest BCUT2D eigenvalue weighted by molar-refractivity contribution is 7.75. The second-order valence-corrected chi connectivity index (χ2v) is 8.79. The molecule has 0 radical (unpaired) electrons. The lowest BCUT2D eigenvalue weighted by atomic mass is 10.1. The summed E-state index contributed by atoms with van der Waals surface area (Å²) in [5.41, 5.74) is 2.71. The number of aliphatic hydroxyl groups excluding tert-OH is 1. The van der Waals surface area contributed by atoms with Crippen LogP contribution in [-0.2, 0) is 24.3 Å². The van der Waals surface area contributed by atoms with Gasteiger partial charge in [0.25, 0.3) is 0 Å². The molecule has 3 aromatic rings. The molecule has 190 valence electrons. The molecule has 0 saturated carbocycles. The van der Waals surface area contributed by atoms with E-state index in [1.54, 1.807) is 43.5 Å². The average molecular weight is 512 g/mol. The number of hydrogen-bond acceptors (Lipinski definition) is 10. The number of anilines is 4. The van der Waals surface area contributed by atoms with Gasteiger partial charge < -0.3 is 30.0 Å². The van der Waals surface area contributed by atoms with E-state index in [0.717, 1.165) is 5.56 Å². The van der Waals surface area contributed by atoms with Gasteiger partial charge in [0.15, 0.2) is 0 Å². The van der Waals surface area contributed by atoms with E-state index < -0.39 is 16.7 Å². The summed E-state index contributed by atoms with van der Waals surface area (Å²) in [6, 6.07) is 13.4. The van der Waals surface area contributed by atoms with E-state index in [-0.39, 0.29) is 31.1 Å². The van der Waals surface area contributed by atoms with Gasteiger partial charge in [0, 0.05) is 36.1 Å². The van der Waals surface area contributed by atoms with Crippen molar-refractivity contribution < 1.29 is 23.6 Å². The van der Waals surface area contributed by atoms with E-state index in [4.69, 9.17) is 0 Å². The van der Waals surface area contributed by atoms with E-state index in [1.165, 1.54) is 6.92 Å². The lowest BCUT2D eigenvalue weighted by Gasteiger charge is -2.17. The first kappa shape index (κ1) is 26.6. The fourth-order valence-corrected chi connectivity index (χ4v) is 3.73. The first-order valence-corrected chi connectivity index (χ1v) is 12.2. The summed E-state index contributed by atoms with van der Waals surface area (Å²) in [5.74, 6) is 0.592. The highest BCUT2D eigenvalue weighted by atomic mass is 32.2. The molecule has 12 heteroatoms. The standard InChI is InChI=1S/C24H27N6O5S/c1-4-35-24(33)30-36(34)20-10-8-18(9-11-20)28-23-25-13-21(22(29-23)26-15(2)14-31)17-6-5-7-19(12-17)27-16(3)32/h5-13,15,31H,4,14H2,1-3H3,(H,27,32)(H2,25,26,28,29)/q-1/t15-/m1/s1. The second-order valence-electron chi connectivity index (χ2n) is 7.63. The topological polar surface area (TPSA) is 155 Å². The lowest BCUT2D eigenvalue weighted by Crippen LogP contribution is -2.21. The molecule has 0 aliphatic rings. The molecule has 0 bridgehead atoms. The molecular formula is C24H27N6O5S-. The molecular weight excluding hydrogens is 484 g/mol. The van der Waals surface area contributed by atoms with Crippen molar-refractivity contribution in [2.45, 2.75) is 31.7 Å². The van der Waals surface area contributed by atoms with Crippen LogP contribution in [0.15, 0.2) is 64.0 Å². The molecule has 3 rings (SSSR count). The number of carbonyl (C=O) groups excluding carboxylic acids is 2. The predicted molar refractivity (Wildman–Crippen MR) is 137 cm³/mol. The number of amides is 2. The molecule has 4 N–H and O–H groups in total. The van der Waals surface area contributed by atoms with Gasteiger partial charge in [0.2, 0.25) is 11.9 Å². The highest BCUT2D eigenvalue weighted by Gasteiger charge is 2.13. The first-order valence-electron chi connectivity index (χ1n) is 11.1. The van der Waals surface area contributed by atoms with Crippen LogP contribution in [0.2, 0.25) is 0 Å². The van der Waals surface area contributed by atoms with Crippen molar-refractivity contribution in [3.05, 3.63) is 54.7 Å². The van der Waals surface area contributed by atoms with E-state index in [2.05, 4.69) is 35.0 Å². The SMILES string of the molecule is CCOC(=O)N=[S-](=O)c1ccc(Nc2ncc(-c3cccc(NC(C)=O)c3)c(N[C@H](C)CO)n2)cc1. The van der Waals surface area contributed by atoms with E-state index in [9.17, 15) is 18.9 Å². The van der Waals surface area contributed by atoms with E-state index >= 15 is 0 Å². The Morgan fingerprint density at radius 1 is 1.17 bits per heavy atom. The van der Waals surface area contributed by atoms with Crippen LogP contribution in [0.25, 0.3) is 11.1 Å². The molecule has 2 aromatic carbocycles. The van der Waals surface area contributed by atoms with Crippen molar-refractivity contribution in [1.82, 2.24) is 9.97 Å². The molecule has 0 fully saturated rings. The average Bonchev–Trinajstić information content (AvgIpc) is 2.84. The van der Waals surface area contributed by atoms with Crippen LogP contribution in [0.4, 0.5) is 27.9 Å². The molecule has 0 aliphatic carbocycles. The fourth-order valence-electron chi connectivity index (χ4n) is 3.06. The van der Waals surface area contributed by atoms with Crippen LogP contribution >= 0.6 is 0 Å². The Bertz CT molecular complexity index is 1310. The largest absolute Gasteiger partial charge is 0.450 e. The predicted octanol–water partition coefficient (Wildman–Crippen LogP) is 4.30. The first-order chi connectivity index (χ1) is 17.3. The number of benzene rings is 2. The molecule has 11 nitrogen and oxygen atoms in total. The van der Waals surface area contributed by atoms with Crippen molar-refractivity contribution in [3.63, 3.8) is 0 Å². The van der Waals surface area contributed by atoms with Gasteiger partial charge in [-0.1, -0.05) is 29.2 Å². The molecule has 0 aliphatic heterocycles. The second kappa shape index (κ2) is 12.6. The normalized spacial score (nSPS) is 12.4. The highest BCUT2D eigenvalue weighted by Crippen LogP contribution is 2.30. The lowest BCUT2D eigenvalue weighted by molar-refractivity contribution is -0.114. The maximum Gasteiger partial charge on any atom is 0.410 e. The van der Waals surface area contributed by atoms with Gasteiger partial charge in [-0.2, -0.15) is 4.98 Å². The molecule has 1 aromatic heterocycles. The van der Waals surface area contributed by atoms with Crippen molar-refractivity contribution in [1.29, 1.82) is 0 Å². The number of hydrogen-bond donors (Lipinski definition) is 4. The summed E-state index contributed by atoms with van der Waals surface area (Å²) in [6.45, 7) is 4.93. The smallest absolute Gasteiger partial charge is 0.410 e. The zero-order valence-electron chi connectivity index (χ0n) is 20.0. The van der Waals surface area contributed by atoms with Gasteiger partial charge >= 0.3 is 6.09 Å². The van der Waals surface area contributed by atoms with Gasteiger partial charge in [-0.25, -0.2) is 9.78 Å². The summed E-state index contributed by atoms with van der Waals surface area (Å²) in [5, 5.41) is 18.5. The van der Waals surface area contributed by atoms with Crippen LogP contribution in [0.5, 0.6) is 0 Å². The number of ether oxygens (including phenoxy) is 1. The van der Waals surface area contributed by atoms with Gasteiger partial charge in [-0.05, 0) is 43.7 Å². The zero-order valence-corrected chi connectivity index (χ0v) is 20.8. The molecule has 0 spiro atoms. The Morgan fingerprint density at radius 3 is 2.58 bits per heavy atom. The van der Waals surface area contributed by atoms with Crippen molar-refractivity contribution in [2.75, 3.05) is 29.2 Å². The molecule has 36 heavy (non-hydrogen) atoms. The third-order valence-electron chi connectivity index (χ3n) is 4.68. The van der Waals surface area contributed by atoms with Crippen LogP contribution in [0.3, 0.4) is 0 Å². The number of nitrogens with one attached hydrogen (secondary N) is 3. The Balaban J connectivity index is 1.86. The summed E-state index contributed by atoms with van der Waals surface area (Å²) in [6.07, 6.45) is 0.752. The van der Waals surface area contributed by atoms with Crippen molar-refractivity contribution in [3.8, 4) is 11.1 Å². The molecule has 0 unspecified atom stereocenters. The minimum absolute atomic E-state index is 0.104. The third kappa shape index (κ3) is 7.48. The molecule has 2 amide bonds. The number of carbonyl (C=O) groups is 2. The fraction of sp³-hybridized carbons (Fsp3) is 0.250. The number of nitrogens with zero attached hydrogens (tertiary/aromatic N) is 3. The number of rotatable bonds is 9. The van der Waals surface area contributed by atoms with Gasteiger partial charge in [-0.3, -0.25) is 9.16 Å². The summed E-state index contributed by atoms with van der Waals surface area (Å²) < 4.78 is 20.3. The van der Waals surface area contributed by atoms with Crippen LogP contribution in [0, 0.1) is 0 Å². The van der Waals surface area contributed by atoms with Crippen molar-refractivity contribution >= 4 is 45.7 Å².